The molecule has 16 heavy (non-hydrogen) atoms. The first kappa shape index (κ1) is 10.3. The fraction of sp³-hybridized carbons (Fsp3) is 0.600. The molecule has 86 valence electrons. The summed E-state index contributed by atoms with van der Waals surface area (Å²) >= 11 is 0. The van der Waals surface area contributed by atoms with Crippen LogP contribution in [0.25, 0.3) is 0 Å². The van der Waals surface area contributed by atoms with E-state index in [2.05, 4.69) is 24.3 Å². The molecule has 2 unspecified atom stereocenters. The van der Waals surface area contributed by atoms with E-state index < -0.39 is 0 Å². The van der Waals surface area contributed by atoms with Crippen LogP contribution in [0.3, 0.4) is 0 Å². The fourth-order valence-corrected chi connectivity index (χ4v) is 3.20. The van der Waals surface area contributed by atoms with Crippen LogP contribution < -0.4 is 5.73 Å². The molecule has 0 amide bonds. The van der Waals surface area contributed by atoms with Gasteiger partial charge in [-0.25, -0.2) is 0 Å². The zero-order valence-corrected chi connectivity index (χ0v) is 9.86. The second kappa shape index (κ2) is 4.21. The molecule has 0 bridgehead atoms. The van der Waals surface area contributed by atoms with Crippen molar-refractivity contribution in [1.82, 2.24) is 0 Å². The van der Waals surface area contributed by atoms with Gasteiger partial charge in [0.05, 0.1) is 0 Å². The minimum atomic E-state index is 0.751. The SMILES string of the molecule is NCC1CCC1c1ccccc1C1CCC1. The Morgan fingerprint density at radius 3 is 2.25 bits per heavy atom. The molecule has 0 heterocycles. The smallest absolute Gasteiger partial charge is 0.00430 e. The summed E-state index contributed by atoms with van der Waals surface area (Å²) in [5, 5.41) is 0. The molecule has 1 nitrogen and oxygen atoms in total. The van der Waals surface area contributed by atoms with E-state index in [0.717, 1.165) is 24.3 Å². The third kappa shape index (κ3) is 1.58. The van der Waals surface area contributed by atoms with E-state index in [9.17, 15) is 0 Å². The molecule has 1 aromatic rings. The molecule has 0 radical (unpaired) electrons. The predicted octanol–water partition coefficient (Wildman–Crippen LogP) is 3.41. The van der Waals surface area contributed by atoms with Crippen LogP contribution in [-0.4, -0.2) is 6.54 Å². The largest absolute Gasteiger partial charge is 0.330 e. The molecule has 1 heteroatoms. The molecule has 2 atom stereocenters. The Bertz CT molecular complexity index is 365. The average molecular weight is 215 g/mol. The monoisotopic (exact) mass is 215 g/mol. The molecule has 0 aromatic heterocycles. The lowest BCUT2D eigenvalue weighted by atomic mass is 9.66. The summed E-state index contributed by atoms with van der Waals surface area (Å²) in [5.74, 6) is 2.37. The summed E-state index contributed by atoms with van der Waals surface area (Å²) in [4.78, 5) is 0. The van der Waals surface area contributed by atoms with Gasteiger partial charge in [0.2, 0.25) is 0 Å². The van der Waals surface area contributed by atoms with Gasteiger partial charge in [0, 0.05) is 0 Å². The lowest BCUT2D eigenvalue weighted by molar-refractivity contribution is 0.259. The van der Waals surface area contributed by atoms with E-state index in [4.69, 9.17) is 5.73 Å². The van der Waals surface area contributed by atoms with Gasteiger partial charge in [-0.15, -0.1) is 0 Å². The van der Waals surface area contributed by atoms with Crippen LogP contribution in [0.2, 0.25) is 0 Å². The molecule has 2 N–H and O–H groups in total. The molecule has 2 aliphatic carbocycles. The molecule has 2 fully saturated rings. The quantitative estimate of drug-likeness (QED) is 0.821. The minimum absolute atomic E-state index is 0.751. The highest BCUT2D eigenvalue weighted by Crippen LogP contribution is 2.47. The van der Waals surface area contributed by atoms with E-state index in [1.165, 1.54) is 32.1 Å². The first-order valence-electron chi connectivity index (χ1n) is 6.69. The summed E-state index contributed by atoms with van der Waals surface area (Å²) in [5.41, 5.74) is 9.09. The topological polar surface area (TPSA) is 26.0 Å². The Hall–Kier alpha value is -0.820. The summed E-state index contributed by atoms with van der Waals surface area (Å²) in [6.45, 7) is 0.865. The van der Waals surface area contributed by atoms with Gasteiger partial charge in [0.1, 0.15) is 0 Å². The van der Waals surface area contributed by atoms with Crippen molar-refractivity contribution >= 4 is 0 Å². The summed E-state index contributed by atoms with van der Waals surface area (Å²) < 4.78 is 0. The zero-order chi connectivity index (χ0) is 11.0. The minimum Gasteiger partial charge on any atom is -0.330 e. The Morgan fingerprint density at radius 2 is 1.75 bits per heavy atom. The first-order chi connectivity index (χ1) is 7.90. The number of benzene rings is 1. The van der Waals surface area contributed by atoms with Crippen LogP contribution in [0.5, 0.6) is 0 Å². The van der Waals surface area contributed by atoms with Gasteiger partial charge in [0.15, 0.2) is 0 Å². The van der Waals surface area contributed by atoms with Crippen molar-refractivity contribution in [2.24, 2.45) is 11.7 Å². The van der Waals surface area contributed by atoms with Gasteiger partial charge < -0.3 is 5.73 Å². The maximum absolute atomic E-state index is 5.83. The molecule has 2 saturated carbocycles. The third-order valence-electron chi connectivity index (χ3n) is 4.66. The van der Waals surface area contributed by atoms with Gasteiger partial charge in [-0.2, -0.15) is 0 Å². The van der Waals surface area contributed by atoms with E-state index in [-0.39, 0.29) is 0 Å². The average Bonchev–Trinajstić information content (AvgIpc) is 2.17. The van der Waals surface area contributed by atoms with Crippen molar-refractivity contribution in [1.29, 1.82) is 0 Å². The molecule has 3 rings (SSSR count). The Kier molecular flexibility index (Phi) is 2.72. The van der Waals surface area contributed by atoms with Crippen molar-refractivity contribution in [3.05, 3.63) is 35.4 Å². The van der Waals surface area contributed by atoms with Crippen molar-refractivity contribution in [2.75, 3.05) is 6.54 Å². The Morgan fingerprint density at radius 1 is 1.00 bits per heavy atom. The van der Waals surface area contributed by atoms with Gasteiger partial charge >= 0.3 is 0 Å². The summed E-state index contributed by atoms with van der Waals surface area (Å²) in [7, 11) is 0. The van der Waals surface area contributed by atoms with Gasteiger partial charge in [-0.3, -0.25) is 0 Å². The molecule has 0 saturated heterocycles. The maximum atomic E-state index is 5.83. The molecular weight excluding hydrogens is 194 g/mol. The normalized spacial score (nSPS) is 29.6. The highest BCUT2D eigenvalue weighted by molar-refractivity contribution is 5.36. The van der Waals surface area contributed by atoms with E-state index in [0.29, 0.717) is 0 Å². The highest BCUT2D eigenvalue weighted by atomic mass is 14.6. The Balaban J connectivity index is 1.87. The standard InChI is InChI=1S/C15H21N/c16-10-12-8-9-14(12)15-7-2-1-6-13(15)11-4-3-5-11/h1-2,6-7,11-12,14H,3-5,8-10,16H2. The molecule has 0 aliphatic heterocycles. The van der Waals surface area contributed by atoms with Crippen LogP contribution in [0.15, 0.2) is 24.3 Å². The maximum Gasteiger partial charge on any atom is -0.00430 e. The van der Waals surface area contributed by atoms with Crippen molar-refractivity contribution in [2.45, 2.75) is 43.9 Å². The Labute approximate surface area is 98.0 Å². The summed E-state index contributed by atoms with van der Waals surface area (Å²) in [6, 6.07) is 9.10. The molecule has 1 aromatic carbocycles. The summed E-state index contributed by atoms with van der Waals surface area (Å²) in [6.07, 6.45) is 6.91. The van der Waals surface area contributed by atoms with Crippen LogP contribution >= 0.6 is 0 Å². The lowest BCUT2D eigenvalue weighted by Gasteiger charge is -2.39. The van der Waals surface area contributed by atoms with Crippen LogP contribution in [0.4, 0.5) is 0 Å². The number of hydrogen-bond donors (Lipinski definition) is 1. The van der Waals surface area contributed by atoms with Crippen molar-refractivity contribution < 1.29 is 0 Å². The zero-order valence-electron chi connectivity index (χ0n) is 9.86. The second-order valence-electron chi connectivity index (χ2n) is 5.44. The first-order valence-corrected chi connectivity index (χ1v) is 6.69. The van der Waals surface area contributed by atoms with Gasteiger partial charge in [-0.05, 0) is 61.1 Å². The van der Waals surface area contributed by atoms with Crippen LogP contribution in [-0.2, 0) is 0 Å². The highest BCUT2D eigenvalue weighted by Gasteiger charge is 2.34. The van der Waals surface area contributed by atoms with Gasteiger partial charge in [0.25, 0.3) is 0 Å². The number of rotatable bonds is 3. The van der Waals surface area contributed by atoms with E-state index >= 15 is 0 Å². The molecular formula is C15H21N. The second-order valence-corrected chi connectivity index (χ2v) is 5.44. The number of hydrogen-bond acceptors (Lipinski definition) is 1. The molecule has 0 spiro atoms. The van der Waals surface area contributed by atoms with Crippen molar-refractivity contribution in [3.8, 4) is 0 Å². The predicted molar refractivity (Wildman–Crippen MR) is 67.6 cm³/mol. The van der Waals surface area contributed by atoms with Crippen LogP contribution in [0, 0.1) is 5.92 Å². The van der Waals surface area contributed by atoms with Gasteiger partial charge in [-0.1, -0.05) is 30.7 Å². The molecule has 2 aliphatic rings. The van der Waals surface area contributed by atoms with E-state index in [1.54, 1.807) is 11.1 Å². The van der Waals surface area contributed by atoms with Crippen LogP contribution in [0.1, 0.15) is 55.1 Å². The van der Waals surface area contributed by atoms with E-state index in [1.807, 2.05) is 0 Å². The number of nitrogens with two attached hydrogens (primary N) is 1. The third-order valence-corrected chi connectivity index (χ3v) is 4.66. The lowest BCUT2D eigenvalue weighted by Crippen LogP contribution is -2.31. The van der Waals surface area contributed by atoms with Crippen molar-refractivity contribution in [3.63, 3.8) is 0 Å². The fourth-order valence-electron chi connectivity index (χ4n) is 3.20.